The Labute approximate surface area is 161 Å². The van der Waals surface area contributed by atoms with Crippen LogP contribution in [-0.4, -0.2) is 28.0 Å². The van der Waals surface area contributed by atoms with E-state index in [4.69, 9.17) is 0 Å². The Bertz CT molecular complexity index is 1070. The van der Waals surface area contributed by atoms with E-state index in [1.807, 2.05) is 61.5 Å². The molecule has 1 saturated heterocycles. The fourth-order valence-corrected chi connectivity index (χ4v) is 3.77. The lowest BCUT2D eigenvalue weighted by molar-refractivity contribution is -0.131. The molecule has 2 N–H and O–H groups in total. The van der Waals surface area contributed by atoms with Crippen molar-refractivity contribution in [2.75, 3.05) is 6.54 Å². The molecule has 1 fully saturated rings. The predicted octanol–water partition coefficient (Wildman–Crippen LogP) is 3.51. The number of fused-ring (bicyclic) bond motifs is 1. The van der Waals surface area contributed by atoms with E-state index in [0.717, 1.165) is 11.1 Å². The van der Waals surface area contributed by atoms with Crippen molar-refractivity contribution in [3.8, 4) is 5.88 Å². The first-order valence-electron chi connectivity index (χ1n) is 9.20. The van der Waals surface area contributed by atoms with E-state index >= 15 is 0 Å². The zero-order valence-electron chi connectivity index (χ0n) is 15.4. The van der Waals surface area contributed by atoms with Crippen molar-refractivity contribution in [1.29, 1.82) is 0 Å². The van der Waals surface area contributed by atoms with Crippen molar-refractivity contribution < 1.29 is 14.7 Å². The Morgan fingerprint density at radius 3 is 2.64 bits per heavy atom. The summed E-state index contributed by atoms with van der Waals surface area (Å²) in [7, 11) is 0. The van der Waals surface area contributed by atoms with Crippen LogP contribution in [0.25, 0.3) is 10.9 Å². The predicted molar refractivity (Wildman–Crippen MR) is 104 cm³/mol. The number of rotatable bonds is 4. The maximum absolute atomic E-state index is 12.7. The highest BCUT2D eigenvalue weighted by molar-refractivity contribution is 6.03. The van der Waals surface area contributed by atoms with Crippen molar-refractivity contribution in [2.24, 2.45) is 16.1 Å². The first kappa shape index (κ1) is 17.9. The van der Waals surface area contributed by atoms with Gasteiger partial charge in [-0.05, 0) is 18.6 Å². The molecular formula is C21H20N4O3. The van der Waals surface area contributed by atoms with Crippen molar-refractivity contribution in [2.45, 2.75) is 19.4 Å². The second-order valence-electron chi connectivity index (χ2n) is 6.71. The summed E-state index contributed by atoms with van der Waals surface area (Å²) < 4.78 is 1.70. The number of nitrogens with one attached hydrogen (secondary N) is 1. The molecule has 7 heteroatoms. The normalized spacial score (nSPS) is 19.4. The third kappa shape index (κ3) is 2.94. The van der Waals surface area contributed by atoms with Crippen LogP contribution in [0.5, 0.6) is 5.88 Å². The number of aromatic nitrogens is 1. The average Bonchev–Trinajstić information content (AvgIpc) is 3.24. The monoisotopic (exact) mass is 376 g/mol. The number of aryl methyl sites for hydroxylation is 1. The Kier molecular flexibility index (Phi) is 4.65. The van der Waals surface area contributed by atoms with Gasteiger partial charge in [-0.3, -0.25) is 9.59 Å². The Hall–Kier alpha value is -3.48. The molecule has 2 aromatic carbocycles. The number of carbonyl (C=O) groups is 2. The first-order chi connectivity index (χ1) is 13.6. The van der Waals surface area contributed by atoms with E-state index in [1.54, 1.807) is 4.57 Å². The summed E-state index contributed by atoms with van der Waals surface area (Å²) in [5, 5.41) is 21.8. The van der Waals surface area contributed by atoms with Gasteiger partial charge in [-0.1, -0.05) is 48.5 Å². The van der Waals surface area contributed by atoms with Gasteiger partial charge in [-0.15, -0.1) is 10.2 Å². The third-order valence-corrected chi connectivity index (χ3v) is 5.16. The maximum atomic E-state index is 12.7. The van der Waals surface area contributed by atoms with E-state index in [2.05, 4.69) is 15.5 Å². The van der Waals surface area contributed by atoms with Crippen LogP contribution in [0.3, 0.4) is 0 Å². The summed E-state index contributed by atoms with van der Waals surface area (Å²) in [6.45, 7) is 2.84. The molecule has 28 heavy (non-hydrogen) atoms. The Morgan fingerprint density at radius 2 is 1.89 bits per heavy atom. The second-order valence-corrected chi connectivity index (χ2v) is 6.71. The quantitative estimate of drug-likeness (QED) is 0.539. The molecular weight excluding hydrogens is 356 g/mol. The zero-order valence-corrected chi connectivity index (χ0v) is 15.4. The van der Waals surface area contributed by atoms with E-state index in [9.17, 15) is 14.7 Å². The number of carbonyl (C=O) groups excluding carboxylic acids is 2. The van der Waals surface area contributed by atoms with Crippen LogP contribution in [-0.2, 0) is 16.1 Å². The lowest BCUT2D eigenvalue weighted by Crippen LogP contribution is -2.25. The number of benzene rings is 2. The van der Waals surface area contributed by atoms with Crippen molar-refractivity contribution in [1.82, 2.24) is 9.88 Å². The highest BCUT2D eigenvalue weighted by atomic mass is 16.3. The summed E-state index contributed by atoms with van der Waals surface area (Å²) >= 11 is 0. The summed E-state index contributed by atoms with van der Waals surface area (Å²) in [6.07, 6.45) is 0. The van der Waals surface area contributed by atoms with Crippen LogP contribution in [0.15, 0.2) is 64.8 Å². The van der Waals surface area contributed by atoms with Gasteiger partial charge in [0.1, 0.15) is 5.92 Å². The molecule has 3 aromatic rings. The lowest BCUT2D eigenvalue weighted by Gasteiger charge is -2.13. The number of azo groups is 1. The van der Waals surface area contributed by atoms with Crippen molar-refractivity contribution in [3.05, 3.63) is 60.2 Å². The number of amides is 2. The minimum absolute atomic E-state index is 0.0456. The van der Waals surface area contributed by atoms with Crippen LogP contribution < -0.4 is 5.32 Å². The summed E-state index contributed by atoms with van der Waals surface area (Å²) in [4.78, 5) is 25.0. The average molecular weight is 376 g/mol. The van der Waals surface area contributed by atoms with Gasteiger partial charge < -0.3 is 15.0 Å². The van der Waals surface area contributed by atoms with Gasteiger partial charge in [0.15, 0.2) is 5.69 Å². The van der Waals surface area contributed by atoms with Crippen molar-refractivity contribution in [3.63, 3.8) is 0 Å². The van der Waals surface area contributed by atoms with Crippen LogP contribution in [0, 0.1) is 5.92 Å². The number of hydrogen-bond acceptors (Lipinski definition) is 4. The lowest BCUT2D eigenvalue weighted by atomic mass is 9.88. The highest BCUT2D eigenvalue weighted by Gasteiger charge is 2.41. The topological polar surface area (TPSA) is 96.0 Å². The molecule has 2 amide bonds. The molecule has 0 aliphatic carbocycles. The van der Waals surface area contributed by atoms with E-state index in [-0.39, 0.29) is 23.4 Å². The van der Waals surface area contributed by atoms with Gasteiger partial charge in [-0.2, -0.15) is 0 Å². The first-order valence-corrected chi connectivity index (χ1v) is 9.20. The molecule has 2 atom stereocenters. The van der Waals surface area contributed by atoms with Gasteiger partial charge >= 0.3 is 0 Å². The van der Waals surface area contributed by atoms with Crippen LogP contribution in [0.2, 0.25) is 0 Å². The van der Waals surface area contributed by atoms with Gasteiger partial charge in [0.05, 0.1) is 5.52 Å². The Balaban J connectivity index is 1.67. The summed E-state index contributed by atoms with van der Waals surface area (Å²) in [5.41, 5.74) is 1.95. The highest BCUT2D eigenvalue weighted by Crippen LogP contribution is 2.39. The van der Waals surface area contributed by atoms with Crippen molar-refractivity contribution >= 4 is 28.4 Å². The molecule has 2 heterocycles. The smallest absolute Gasteiger partial charge is 0.277 e. The van der Waals surface area contributed by atoms with Gasteiger partial charge in [0.2, 0.25) is 11.8 Å². The largest absolute Gasteiger partial charge is 0.493 e. The number of aromatic hydroxyl groups is 1. The van der Waals surface area contributed by atoms with E-state index < -0.39 is 11.8 Å². The standard InChI is InChI=1S/C21H20N4O3/c1-2-25-16-11-7-6-10-14(16)18(21(25)28)23-24-20(27)17-15(12-22-19(17)26)13-8-4-3-5-9-13/h3-11,15,17,28H,2,12H2,1H3,(H,22,26)/t15-,17-/m1/s1. The van der Waals surface area contributed by atoms with Gasteiger partial charge in [0, 0.05) is 24.4 Å². The zero-order chi connectivity index (χ0) is 19.7. The fourth-order valence-electron chi connectivity index (χ4n) is 3.77. The molecule has 142 valence electrons. The van der Waals surface area contributed by atoms with Gasteiger partial charge in [0.25, 0.3) is 5.91 Å². The van der Waals surface area contributed by atoms with Gasteiger partial charge in [-0.25, -0.2) is 0 Å². The molecule has 1 aliphatic heterocycles. The van der Waals surface area contributed by atoms with Crippen LogP contribution in [0.4, 0.5) is 5.69 Å². The maximum Gasteiger partial charge on any atom is 0.277 e. The second kappa shape index (κ2) is 7.26. The molecule has 0 saturated carbocycles. The minimum Gasteiger partial charge on any atom is -0.493 e. The number of nitrogens with zero attached hydrogens (tertiary/aromatic N) is 3. The molecule has 0 radical (unpaired) electrons. The fraction of sp³-hybridized carbons (Fsp3) is 0.238. The number of para-hydroxylation sites is 1. The Morgan fingerprint density at radius 1 is 1.18 bits per heavy atom. The molecule has 0 spiro atoms. The minimum atomic E-state index is -0.923. The molecule has 0 bridgehead atoms. The molecule has 0 unspecified atom stereocenters. The SMILES string of the molecule is CCn1c(O)c(N=NC(=O)[C@H]2C(=O)NC[C@@H]2c2ccccc2)c2ccccc21. The molecule has 4 rings (SSSR count). The number of hydrogen-bond donors (Lipinski definition) is 2. The molecule has 1 aromatic heterocycles. The summed E-state index contributed by atoms with van der Waals surface area (Å²) in [5.74, 6) is -2.22. The van der Waals surface area contributed by atoms with Crippen LogP contribution >= 0.6 is 0 Å². The summed E-state index contributed by atoms with van der Waals surface area (Å²) in [6, 6.07) is 16.8. The molecule has 1 aliphatic rings. The third-order valence-electron chi connectivity index (χ3n) is 5.16. The van der Waals surface area contributed by atoms with Crippen LogP contribution in [0.1, 0.15) is 18.4 Å². The van der Waals surface area contributed by atoms with E-state index in [1.165, 1.54) is 0 Å². The molecule has 7 nitrogen and oxygen atoms in total. The van der Waals surface area contributed by atoms with E-state index in [0.29, 0.717) is 18.5 Å².